The number of benzene rings is 1. The Morgan fingerprint density at radius 2 is 2.11 bits per heavy atom. The van der Waals surface area contributed by atoms with Gasteiger partial charge in [0, 0.05) is 19.1 Å². The molecule has 2 heterocycles. The largest absolute Gasteiger partial charge is 0.316 e. The van der Waals surface area contributed by atoms with Crippen LogP contribution in [-0.4, -0.2) is 31.1 Å². The lowest BCUT2D eigenvalue weighted by Gasteiger charge is -2.33. The molecule has 0 spiro atoms. The van der Waals surface area contributed by atoms with Gasteiger partial charge in [-0.15, -0.1) is 12.4 Å². The highest BCUT2D eigenvalue weighted by Crippen LogP contribution is 2.36. The van der Waals surface area contributed by atoms with Gasteiger partial charge in [0.1, 0.15) is 0 Å². The molecule has 0 radical (unpaired) electrons. The van der Waals surface area contributed by atoms with Gasteiger partial charge in [-0.2, -0.15) is 0 Å². The minimum absolute atomic E-state index is 0. The second-order valence-corrected chi connectivity index (χ2v) is 6.28. The second-order valence-electron chi connectivity index (χ2n) is 6.28. The summed E-state index contributed by atoms with van der Waals surface area (Å²) < 4.78 is 0. The van der Waals surface area contributed by atoms with Gasteiger partial charge in [0.05, 0.1) is 0 Å². The smallest absolute Gasteiger partial charge is 0.0348 e. The molecule has 0 aromatic heterocycles. The lowest BCUT2D eigenvalue weighted by Crippen LogP contribution is -2.37. The lowest BCUT2D eigenvalue weighted by atomic mass is 9.88. The number of halogens is 1. The summed E-state index contributed by atoms with van der Waals surface area (Å²) in [7, 11) is 0. The maximum Gasteiger partial charge on any atom is 0.0348 e. The summed E-state index contributed by atoms with van der Waals surface area (Å²) in [5, 5.41) is 3.51. The first-order chi connectivity index (χ1) is 8.77. The third kappa shape index (κ3) is 3.31. The Kier molecular flexibility index (Phi) is 4.88. The van der Waals surface area contributed by atoms with Gasteiger partial charge in [-0.25, -0.2) is 0 Å². The van der Waals surface area contributed by atoms with Crippen molar-refractivity contribution in [2.24, 2.45) is 5.41 Å². The van der Waals surface area contributed by atoms with Crippen molar-refractivity contribution in [1.82, 2.24) is 10.2 Å². The van der Waals surface area contributed by atoms with Gasteiger partial charge in [-0.1, -0.05) is 37.3 Å². The van der Waals surface area contributed by atoms with E-state index < -0.39 is 0 Å². The van der Waals surface area contributed by atoms with Crippen molar-refractivity contribution in [1.29, 1.82) is 0 Å². The zero-order valence-electron chi connectivity index (χ0n) is 11.8. The fraction of sp³-hybridized carbons (Fsp3) is 0.625. The predicted octanol–water partition coefficient (Wildman–Crippen LogP) is 3.24. The summed E-state index contributed by atoms with van der Waals surface area (Å²) in [4.78, 5) is 2.71. The maximum absolute atomic E-state index is 3.51. The van der Waals surface area contributed by atoms with Crippen molar-refractivity contribution < 1.29 is 0 Å². The van der Waals surface area contributed by atoms with Crippen LogP contribution in [0.25, 0.3) is 0 Å². The summed E-state index contributed by atoms with van der Waals surface area (Å²) >= 11 is 0. The van der Waals surface area contributed by atoms with E-state index in [1.807, 2.05) is 0 Å². The van der Waals surface area contributed by atoms with Crippen molar-refractivity contribution in [3.63, 3.8) is 0 Å². The molecule has 2 fully saturated rings. The minimum atomic E-state index is 0. The van der Waals surface area contributed by atoms with Crippen LogP contribution in [0.1, 0.15) is 37.8 Å². The standard InChI is InChI=1S/C16H24N2.ClH/c1-16(9-10-17-12-16)13-18-11-5-8-15(18)14-6-3-2-4-7-14;/h2-4,6-7,15,17H,5,8-13H2,1H3;1H. The van der Waals surface area contributed by atoms with Crippen molar-refractivity contribution in [3.8, 4) is 0 Å². The molecule has 2 nitrogen and oxygen atoms in total. The Morgan fingerprint density at radius 1 is 1.32 bits per heavy atom. The number of hydrogen-bond donors (Lipinski definition) is 1. The summed E-state index contributed by atoms with van der Waals surface area (Å²) in [6, 6.07) is 11.7. The van der Waals surface area contributed by atoms with Crippen LogP contribution in [0.5, 0.6) is 0 Å². The van der Waals surface area contributed by atoms with Crippen LogP contribution in [0, 0.1) is 5.41 Å². The highest BCUT2D eigenvalue weighted by Gasteiger charge is 2.35. The van der Waals surface area contributed by atoms with Crippen LogP contribution in [0.4, 0.5) is 0 Å². The molecule has 0 saturated carbocycles. The van der Waals surface area contributed by atoms with Crippen molar-refractivity contribution in [2.45, 2.75) is 32.2 Å². The van der Waals surface area contributed by atoms with Crippen molar-refractivity contribution >= 4 is 12.4 Å². The van der Waals surface area contributed by atoms with Gasteiger partial charge in [-0.3, -0.25) is 4.90 Å². The molecule has 0 amide bonds. The molecule has 1 N–H and O–H groups in total. The molecular weight excluding hydrogens is 256 g/mol. The highest BCUT2D eigenvalue weighted by atomic mass is 35.5. The van der Waals surface area contributed by atoms with E-state index in [1.54, 1.807) is 0 Å². The Hall–Kier alpha value is -0.570. The van der Waals surface area contributed by atoms with Gasteiger partial charge in [0.15, 0.2) is 0 Å². The molecule has 2 aliphatic rings. The molecular formula is C16H25ClN2. The Balaban J connectivity index is 0.00000133. The summed E-state index contributed by atoms with van der Waals surface area (Å²) in [5.74, 6) is 0. The molecule has 1 aromatic rings. The summed E-state index contributed by atoms with van der Waals surface area (Å²) in [6.45, 7) is 7.34. The molecule has 2 saturated heterocycles. The number of nitrogens with one attached hydrogen (secondary N) is 1. The van der Waals surface area contributed by atoms with Crippen LogP contribution >= 0.6 is 12.4 Å². The SMILES string of the molecule is CC1(CN2CCCC2c2ccccc2)CCNC1.Cl. The highest BCUT2D eigenvalue weighted by molar-refractivity contribution is 5.85. The van der Waals surface area contributed by atoms with Gasteiger partial charge >= 0.3 is 0 Å². The first-order valence-electron chi connectivity index (χ1n) is 7.27. The predicted molar refractivity (Wildman–Crippen MR) is 82.8 cm³/mol. The van der Waals surface area contributed by atoms with E-state index in [1.165, 1.54) is 51.0 Å². The van der Waals surface area contributed by atoms with Gasteiger partial charge < -0.3 is 5.32 Å². The first kappa shape index (κ1) is 14.8. The van der Waals surface area contributed by atoms with Crippen LogP contribution in [0.3, 0.4) is 0 Å². The molecule has 0 bridgehead atoms. The normalized spacial score (nSPS) is 31.3. The van der Waals surface area contributed by atoms with Crippen LogP contribution in [0.15, 0.2) is 30.3 Å². The lowest BCUT2D eigenvalue weighted by molar-refractivity contribution is 0.165. The number of likely N-dealkylation sites (tertiary alicyclic amines) is 1. The van der Waals surface area contributed by atoms with E-state index in [2.05, 4.69) is 47.5 Å². The third-order valence-corrected chi connectivity index (χ3v) is 4.59. The van der Waals surface area contributed by atoms with Gasteiger partial charge in [0.25, 0.3) is 0 Å². The molecule has 106 valence electrons. The van der Waals surface area contributed by atoms with Crippen LogP contribution in [0.2, 0.25) is 0 Å². The number of nitrogens with zero attached hydrogens (tertiary/aromatic N) is 1. The molecule has 3 rings (SSSR count). The first-order valence-corrected chi connectivity index (χ1v) is 7.27. The van der Waals surface area contributed by atoms with E-state index in [0.717, 1.165) is 0 Å². The zero-order valence-corrected chi connectivity index (χ0v) is 12.6. The van der Waals surface area contributed by atoms with Crippen molar-refractivity contribution in [3.05, 3.63) is 35.9 Å². The summed E-state index contributed by atoms with van der Waals surface area (Å²) in [6.07, 6.45) is 4.00. The Morgan fingerprint density at radius 3 is 2.79 bits per heavy atom. The molecule has 3 heteroatoms. The topological polar surface area (TPSA) is 15.3 Å². The summed E-state index contributed by atoms with van der Waals surface area (Å²) in [5.41, 5.74) is 1.99. The van der Waals surface area contributed by atoms with Crippen LogP contribution < -0.4 is 5.32 Å². The Bertz CT molecular complexity index is 387. The molecule has 2 atom stereocenters. The molecule has 0 aliphatic carbocycles. The minimum Gasteiger partial charge on any atom is -0.316 e. The van der Waals surface area contributed by atoms with E-state index in [-0.39, 0.29) is 12.4 Å². The molecule has 1 aromatic carbocycles. The fourth-order valence-electron chi connectivity index (χ4n) is 3.56. The second kappa shape index (κ2) is 6.25. The zero-order chi connectivity index (χ0) is 12.4. The Labute approximate surface area is 123 Å². The van der Waals surface area contributed by atoms with E-state index in [9.17, 15) is 0 Å². The fourth-order valence-corrected chi connectivity index (χ4v) is 3.56. The van der Waals surface area contributed by atoms with E-state index >= 15 is 0 Å². The molecule has 2 unspecified atom stereocenters. The van der Waals surface area contributed by atoms with Crippen LogP contribution in [-0.2, 0) is 0 Å². The average Bonchev–Trinajstić information content (AvgIpc) is 3.00. The monoisotopic (exact) mass is 280 g/mol. The average molecular weight is 281 g/mol. The molecule has 19 heavy (non-hydrogen) atoms. The quantitative estimate of drug-likeness (QED) is 0.914. The number of hydrogen-bond acceptors (Lipinski definition) is 2. The van der Waals surface area contributed by atoms with Gasteiger partial charge in [-0.05, 0) is 43.3 Å². The van der Waals surface area contributed by atoms with Gasteiger partial charge in [0.2, 0.25) is 0 Å². The number of rotatable bonds is 3. The molecule has 2 aliphatic heterocycles. The van der Waals surface area contributed by atoms with E-state index in [0.29, 0.717) is 11.5 Å². The third-order valence-electron chi connectivity index (χ3n) is 4.59. The van der Waals surface area contributed by atoms with Crippen molar-refractivity contribution in [2.75, 3.05) is 26.2 Å². The maximum atomic E-state index is 3.51. The van der Waals surface area contributed by atoms with E-state index in [4.69, 9.17) is 0 Å².